The number of hydrogen-bond acceptors (Lipinski definition) is 5. The first-order valence-electron chi connectivity index (χ1n) is 9.46. The van der Waals surface area contributed by atoms with Crippen molar-refractivity contribution in [2.24, 2.45) is 0 Å². The molecule has 1 unspecified atom stereocenters. The van der Waals surface area contributed by atoms with Crippen molar-refractivity contribution in [1.82, 2.24) is 14.7 Å². The van der Waals surface area contributed by atoms with Crippen molar-refractivity contribution in [1.29, 1.82) is 0 Å². The number of aliphatic carboxylic acids is 1. The Morgan fingerprint density at radius 2 is 1.93 bits per heavy atom. The largest absolute Gasteiger partial charge is 0.494 e. The molecule has 1 amide bonds. The van der Waals surface area contributed by atoms with Gasteiger partial charge in [-0.25, -0.2) is 4.39 Å². The van der Waals surface area contributed by atoms with Gasteiger partial charge in [0.2, 0.25) is 5.91 Å². The van der Waals surface area contributed by atoms with Crippen LogP contribution in [-0.4, -0.2) is 84.6 Å². The molecule has 164 valence electrons. The van der Waals surface area contributed by atoms with Gasteiger partial charge in [-0.1, -0.05) is 6.07 Å². The summed E-state index contributed by atoms with van der Waals surface area (Å²) in [4.78, 5) is 29.2. The number of nitrogens with zero attached hydrogens (tertiary/aromatic N) is 3. The summed E-state index contributed by atoms with van der Waals surface area (Å²) in [6, 6.07) is 4.63. The molecule has 9 heteroatoms. The molecule has 1 aromatic rings. The van der Waals surface area contributed by atoms with Gasteiger partial charge in [0.25, 0.3) is 0 Å². The number of amides is 1. The van der Waals surface area contributed by atoms with Gasteiger partial charge in [0.15, 0.2) is 11.6 Å². The Bertz CT molecular complexity index is 698. The fourth-order valence-corrected chi connectivity index (χ4v) is 3.69. The SMILES string of the molecule is COc1ccc(CN(C)C(=O)C(C)N2CCC(N(C)CC(=O)O)CC2)cc1F.Cl. The summed E-state index contributed by atoms with van der Waals surface area (Å²) < 4.78 is 18.8. The normalized spacial score (nSPS) is 16.2. The van der Waals surface area contributed by atoms with Crippen LogP contribution < -0.4 is 4.74 Å². The van der Waals surface area contributed by atoms with Crippen LogP contribution >= 0.6 is 12.4 Å². The lowest BCUT2D eigenvalue weighted by Gasteiger charge is -2.39. The van der Waals surface area contributed by atoms with Crippen molar-refractivity contribution in [3.8, 4) is 5.75 Å². The minimum Gasteiger partial charge on any atom is -0.494 e. The van der Waals surface area contributed by atoms with Crippen LogP contribution in [-0.2, 0) is 16.1 Å². The number of piperidine rings is 1. The molecule has 0 radical (unpaired) electrons. The standard InChI is InChI=1S/C20H30FN3O4.ClH/c1-14(24-9-7-16(8-10-24)22(2)13-19(25)26)20(27)23(3)12-15-5-6-18(28-4)17(21)11-15;/h5-6,11,14,16H,7-10,12-13H2,1-4H3,(H,25,26);1H. The molecule has 1 aliphatic heterocycles. The summed E-state index contributed by atoms with van der Waals surface area (Å²) in [5, 5.41) is 8.92. The van der Waals surface area contributed by atoms with Gasteiger partial charge in [0.05, 0.1) is 19.7 Å². The monoisotopic (exact) mass is 431 g/mol. The number of carboxylic acids is 1. The summed E-state index contributed by atoms with van der Waals surface area (Å²) in [7, 11) is 4.96. The lowest BCUT2D eigenvalue weighted by Crippen LogP contribution is -2.51. The van der Waals surface area contributed by atoms with Crippen molar-refractivity contribution in [2.45, 2.75) is 38.4 Å². The maximum absolute atomic E-state index is 13.9. The van der Waals surface area contributed by atoms with Crippen LogP contribution in [0.3, 0.4) is 0 Å². The van der Waals surface area contributed by atoms with E-state index in [1.54, 1.807) is 24.1 Å². The predicted molar refractivity (Wildman–Crippen MR) is 111 cm³/mol. The molecule has 0 spiro atoms. The van der Waals surface area contributed by atoms with E-state index in [0.717, 1.165) is 25.9 Å². The number of methoxy groups -OCH3 is 1. The molecular weight excluding hydrogens is 401 g/mol. The lowest BCUT2D eigenvalue weighted by atomic mass is 10.0. The first-order chi connectivity index (χ1) is 13.2. The summed E-state index contributed by atoms with van der Waals surface area (Å²) >= 11 is 0. The highest BCUT2D eigenvalue weighted by Gasteiger charge is 2.30. The van der Waals surface area contributed by atoms with Crippen molar-refractivity contribution >= 4 is 24.3 Å². The molecule has 2 rings (SSSR count). The Balaban J connectivity index is 0.00000420. The fraction of sp³-hybridized carbons (Fsp3) is 0.600. The Labute approximate surface area is 177 Å². The second kappa shape index (κ2) is 11.3. The molecule has 0 aliphatic carbocycles. The van der Waals surface area contributed by atoms with Gasteiger partial charge in [0.1, 0.15) is 0 Å². The van der Waals surface area contributed by atoms with Gasteiger partial charge in [-0.05, 0) is 44.5 Å². The maximum Gasteiger partial charge on any atom is 0.317 e. The molecule has 1 aliphatic rings. The van der Waals surface area contributed by atoms with Gasteiger partial charge in [-0.15, -0.1) is 12.4 Å². The predicted octanol–water partition coefficient (Wildman–Crippen LogP) is 2.08. The number of likely N-dealkylation sites (N-methyl/N-ethyl adjacent to an activating group) is 2. The topological polar surface area (TPSA) is 73.3 Å². The number of ether oxygens (including phenoxy) is 1. The van der Waals surface area contributed by atoms with Crippen molar-refractivity contribution in [2.75, 3.05) is 40.8 Å². The molecule has 7 nitrogen and oxygen atoms in total. The Morgan fingerprint density at radius 3 is 2.45 bits per heavy atom. The number of likely N-dealkylation sites (tertiary alicyclic amines) is 1. The molecular formula is C20H31ClFN3O4. The third-order valence-electron chi connectivity index (χ3n) is 5.42. The molecule has 1 N–H and O–H groups in total. The van der Waals surface area contributed by atoms with Crippen LogP contribution in [0.5, 0.6) is 5.75 Å². The summed E-state index contributed by atoms with van der Waals surface area (Å²) in [6.07, 6.45) is 1.66. The lowest BCUT2D eigenvalue weighted by molar-refractivity contribution is -0.138. The van der Waals surface area contributed by atoms with E-state index in [1.165, 1.54) is 13.2 Å². The minimum absolute atomic E-state index is 0. The summed E-state index contributed by atoms with van der Waals surface area (Å²) in [5.41, 5.74) is 0.704. The van der Waals surface area contributed by atoms with E-state index in [1.807, 2.05) is 18.9 Å². The average Bonchev–Trinajstić information content (AvgIpc) is 2.66. The summed E-state index contributed by atoms with van der Waals surface area (Å²) in [6.45, 7) is 3.72. The van der Waals surface area contributed by atoms with Gasteiger partial charge < -0.3 is 14.7 Å². The van der Waals surface area contributed by atoms with Crippen molar-refractivity contribution < 1.29 is 23.8 Å². The third-order valence-corrected chi connectivity index (χ3v) is 5.42. The Hall–Kier alpha value is -1.90. The summed E-state index contributed by atoms with van der Waals surface area (Å²) in [5.74, 6) is -1.11. The van der Waals surface area contributed by atoms with E-state index in [0.29, 0.717) is 12.1 Å². The zero-order chi connectivity index (χ0) is 20.8. The highest BCUT2D eigenvalue weighted by molar-refractivity contribution is 5.85. The molecule has 1 atom stereocenters. The van der Waals surface area contributed by atoms with Crippen molar-refractivity contribution in [3.63, 3.8) is 0 Å². The van der Waals surface area contributed by atoms with E-state index < -0.39 is 11.8 Å². The molecule has 0 bridgehead atoms. The number of carboxylic acid groups (broad SMARTS) is 1. The van der Waals surface area contributed by atoms with Gasteiger partial charge in [-0.3, -0.25) is 19.4 Å². The number of benzene rings is 1. The second-order valence-electron chi connectivity index (χ2n) is 7.42. The van der Waals surface area contributed by atoms with Crippen LogP contribution in [0.25, 0.3) is 0 Å². The highest BCUT2D eigenvalue weighted by Crippen LogP contribution is 2.20. The molecule has 29 heavy (non-hydrogen) atoms. The second-order valence-corrected chi connectivity index (χ2v) is 7.42. The van der Waals surface area contributed by atoms with Crippen LogP contribution in [0.4, 0.5) is 4.39 Å². The van der Waals surface area contributed by atoms with Gasteiger partial charge >= 0.3 is 5.97 Å². The number of carbonyl (C=O) groups excluding carboxylic acids is 1. The molecule has 0 aromatic heterocycles. The van der Waals surface area contributed by atoms with E-state index in [4.69, 9.17) is 9.84 Å². The van der Waals surface area contributed by atoms with Crippen LogP contribution in [0.1, 0.15) is 25.3 Å². The van der Waals surface area contributed by atoms with E-state index in [2.05, 4.69) is 4.90 Å². The number of rotatable bonds is 8. The minimum atomic E-state index is -0.829. The van der Waals surface area contributed by atoms with Crippen LogP contribution in [0.2, 0.25) is 0 Å². The van der Waals surface area contributed by atoms with E-state index >= 15 is 0 Å². The van der Waals surface area contributed by atoms with Gasteiger partial charge in [0, 0.05) is 32.7 Å². The van der Waals surface area contributed by atoms with E-state index in [-0.39, 0.29) is 42.7 Å². The van der Waals surface area contributed by atoms with Crippen LogP contribution in [0.15, 0.2) is 18.2 Å². The Morgan fingerprint density at radius 1 is 1.31 bits per heavy atom. The Kier molecular flexibility index (Phi) is 9.82. The maximum atomic E-state index is 13.9. The zero-order valence-electron chi connectivity index (χ0n) is 17.4. The molecule has 1 saturated heterocycles. The smallest absolute Gasteiger partial charge is 0.317 e. The van der Waals surface area contributed by atoms with Crippen molar-refractivity contribution in [3.05, 3.63) is 29.6 Å². The number of halogens is 2. The fourth-order valence-electron chi connectivity index (χ4n) is 3.69. The molecule has 0 saturated carbocycles. The number of hydrogen-bond donors (Lipinski definition) is 1. The first kappa shape index (κ1) is 25.1. The average molecular weight is 432 g/mol. The molecule has 1 aromatic carbocycles. The first-order valence-corrected chi connectivity index (χ1v) is 9.46. The highest BCUT2D eigenvalue weighted by atomic mass is 35.5. The van der Waals surface area contributed by atoms with E-state index in [9.17, 15) is 14.0 Å². The molecule has 1 heterocycles. The van der Waals surface area contributed by atoms with Crippen LogP contribution in [0, 0.1) is 5.82 Å². The number of carbonyl (C=O) groups is 2. The molecule has 1 fully saturated rings. The third kappa shape index (κ3) is 6.83. The van der Waals surface area contributed by atoms with Gasteiger partial charge in [-0.2, -0.15) is 0 Å². The zero-order valence-corrected chi connectivity index (χ0v) is 18.2. The quantitative estimate of drug-likeness (QED) is 0.679.